The third-order valence-corrected chi connectivity index (χ3v) is 6.87. The molecule has 6 rings (SSSR count). The molecule has 2 aromatic heterocycles. The Kier molecular flexibility index (Phi) is 4.21. The number of aromatic nitrogens is 3. The monoisotopic (exact) mass is 493 g/mol. The molecule has 2 bridgehead atoms. The second-order valence-electron chi connectivity index (χ2n) is 9.57. The Balaban J connectivity index is 1.56. The van der Waals surface area contributed by atoms with E-state index in [1.165, 1.54) is 18.2 Å². The Morgan fingerprint density at radius 1 is 1.17 bits per heavy atom. The van der Waals surface area contributed by atoms with Crippen molar-refractivity contribution in [1.29, 1.82) is 0 Å². The molecular weight excluding hydrogens is 466 g/mol. The molecule has 2 aromatic carbocycles. The molecule has 0 aliphatic carbocycles. The lowest BCUT2D eigenvalue weighted by Gasteiger charge is -2.24. The van der Waals surface area contributed by atoms with Gasteiger partial charge in [0.25, 0.3) is 5.91 Å². The van der Waals surface area contributed by atoms with Crippen LogP contribution in [0.1, 0.15) is 63.9 Å². The molecule has 0 saturated heterocycles. The number of aliphatic hydroxyl groups is 1. The molecule has 9 heteroatoms. The lowest BCUT2D eigenvalue weighted by molar-refractivity contribution is -0.0507. The molecule has 7 nitrogen and oxygen atoms in total. The minimum absolute atomic E-state index is 0.00633. The first-order valence-electron chi connectivity index (χ1n) is 13.0. The van der Waals surface area contributed by atoms with Gasteiger partial charge < -0.3 is 19.3 Å². The number of amides is 1. The normalized spacial score (nSPS) is 20.6. The number of pyridine rings is 1. The molecule has 1 amide bonds. The largest absolute Gasteiger partial charge is 0.434 e. The predicted molar refractivity (Wildman–Crippen MR) is 129 cm³/mol. The highest BCUT2D eigenvalue weighted by Crippen LogP contribution is 2.50. The first-order chi connectivity index (χ1) is 18.3. The van der Waals surface area contributed by atoms with Crippen molar-refractivity contribution < 1.29 is 27.5 Å². The molecule has 1 N–H and O–H groups in total. The Morgan fingerprint density at radius 3 is 2.67 bits per heavy atom. The van der Waals surface area contributed by atoms with E-state index in [-0.39, 0.29) is 23.3 Å². The Bertz CT molecular complexity index is 1610. The summed E-state index contributed by atoms with van der Waals surface area (Å²) in [4.78, 5) is 23.4. The Morgan fingerprint density at radius 2 is 1.97 bits per heavy atom. The van der Waals surface area contributed by atoms with Gasteiger partial charge in [-0.1, -0.05) is 18.2 Å². The number of hydrogen-bond acceptors (Lipinski definition) is 5. The van der Waals surface area contributed by atoms with Gasteiger partial charge in [0.05, 0.1) is 28.8 Å². The standard InChI is InChI=1S/C27H24F2N4O3/c1-27(2,35)22-10-8-15(13-30-22)14-7-9-17-18(11-14)33-19-12-20(24(33)31-17)32(3)25(34)16-5-4-6-21(23(16)19)36-26(28)29/h4-11,13,19-20,26,35H,12H2,1-3H3/t19-,20-/m1/s1/i3D3. The third-order valence-electron chi connectivity index (χ3n) is 6.87. The molecular formula is C27H24F2N4O3. The van der Waals surface area contributed by atoms with Crippen LogP contribution in [-0.4, -0.2) is 44.0 Å². The lowest BCUT2D eigenvalue weighted by atomic mass is 9.97. The van der Waals surface area contributed by atoms with Crippen LogP contribution in [0.25, 0.3) is 22.2 Å². The van der Waals surface area contributed by atoms with Gasteiger partial charge in [-0.2, -0.15) is 8.78 Å². The molecule has 4 heterocycles. The summed E-state index contributed by atoms with van der Waals surface area (Å²) in [6.07, 6.45) is 1.79. The molecule has 2 aliphatic rings. The lowest BCUT2D eigenvalue weighted by Crippen LogP contribution is -2.30. The molecule has 0 fully saturated rings. The fourth-order valence-electron chi connectivity index (χ4n) is 5.21. The van der Waals surface area contributed by atoms with Crippen LogP contribution in [0.4, 0.5) is 8.78 Å². The average molecular weight is 494 g/mol. The topological polar surface area (TPSA) is 80.5 Å². The summed E-state index contributed by atoms with van der Waals surface area (Å²) in [5, 5.41) is 10.2. The number of carbonyl (C=O) groups excluding carboxylic acids is 1. The quantitative estimate of drug-likeness (QED) is 0.431. The van der Waals surface area contributed by atoms with Gasteiger partial charge in [-0.3, -0.25) is 9.78 Å². The van der Waals surface area contributed by atoms with Crippen LogP contribution < -0.4 is 4.74 Å². The number of benzene rings is 2. The van der Waals surface area contributed by atoms with Crippen molar-refractivity contribution in [2.75, 3.05) is 6.98 Å². The highest BCUT2D eigenvalue weighted by Gasteiger charge is 2.45. The van der Waals surface area contributed by atoms with Gasteiger partial charge in [-0.05, 0) is 49.7 Å². The molecule has 36 heavy (non-hydrogen) atoms. The number of hydrogen-bond donors (Lipinski definition) is 1. The number of fused-ring (bicyclic) bond motifs is 9. The van der Waals surface area contributed by atoms with E-state index in [9.17, 15) is 18.7 Å². The minimum Gasteiger partial charge on any atom is -0.434 e. The molecule has 0 spiro atoms. The number of ether oxygens (including phenoxy) is 1. The fraction of sp³-hybridized carbons (Fsp3) is 0.296. The number of imidazole rings is 1. The highest BCUT2D eigenvalue weighted by atomic mass is 19.3. The zero-order valence-electron chi connectivity index (χ0n) is 22.4. The molecule has 184 valence electrons. The van der Waals surface area contributed by atoms with Crippen molar-refractivity contribution in [3.63, 3.8) is 0 Å². The van der Waals surface area contributed by atoms with Gasteiger partial charge in [0.1, 0.15) is 17.2 Å². The number of nitrogens with zero attached hydrogens (tertiary/aromatic N) is 4. The van der Waals surface area contributed by atoms with Crippen LogP contribution >= 0.6 is 0 Å². The van der Waals surface area contributed by atoms with Gasteiger partial charge in [-0.15, -0.1) is 0 Å². The van der Waals surface area contributed by atoms with Crippen molar-refractivity contribution in [3.8, 4) is 16.9 Å². The maximum atomic E-state index is 13.5. The summed E-state index contributed by atoms with van der Waals surface area (Å²) in [6, 6.07) is 11.7. The van der Waals surface area contributed by atoms with Crippen LogP contribution in [0.3, 0.4) is 0 Å². The summed E-state index contributed by atoms with van der Waals surface area (Å²) in [6.45, 7) is -2.63. The second kappa shape index (κ2) is 7.83. The van der Waals surface area contributed by atoms with E-state index in [1.54, 1.807) is 32.2 Å². The van der Waals surface area contributed by atoms with Crippen LogP contribution in [0.5, 0.6) is 5.75 Å². The minimum atomic E-state index is -3.13. The summed E-state index contributed by atoms with van der Waals surface area (Å²) >= 11 is 0. The van der Waals surface area contributed by atoms with E-state index in [1.807, 2.05) is 22.8 Å². The van der Waals surface area contributed by atoms with E-state index in [2.05, 4.69) is 4.98 Å². The van der Waals surface area contributed by atoms with Crippen molar-refractivity contribution in [3.05, 3.63) is 77.4 Å². The van der Waals surface area contributed by atoms with Crippen molar-refractivity contribution >= 4 is 16.9 Å². The van der Waals surface area contributed by atoms with Gasteiger partial charge >= 0.3 is 6.61 Å². The summed E-state index contributed by atoms with van der Waals surface area (Å²) in [7, 11) is 0. The number of alkyl halides is 2. The van der Waals surface area contributed by atoms with Crippen molar-refractivity contribution in [2.45, 2.75) is 44.6 Å². The first kappa shape index (κ1) is 19.4. The molecule has 4 aromatic rings. The first-order valence-corrected chi connectivity index (χ1v) is 11.5. The number of halogens is 2. The highest BCUT2D eigenvalue weighted by molar-refractivity contribution is 5.98. The average Bonchev–Trinajstić information content (AvgIpc) is 3.35. The van der Waals surface area contributed by atoms with Crippen LogP contribution in [0.2, 0.25) is 0 Å². The maximum Gasteiger partial charge on any atom is 0.387 e. The van der Waals surface area contributed by atoms with Crippen LogP contribution in [-0.2, 0) is 5.60 Å². The molecule has 0 saturated carbocycles. The van der Waals surface area contributed by atoms with E-state index in [4.69, 9.17) is 13.8 Å². The van der Waals surface area contributed by atoms with E-state index >= 15 is 0 Å². The molecule has 0 radical (unpaired) electrons. The molecule has 0 unspecified atom stereocenters. The van der Waals surface area contributed by atoms with E-state index < -0.39 is 37.2 Å². The zero-order valence-corrected chi connectivity index (χ0v) is 19.4. The molecule has 2 atom stereocenters. The number of rotatable bonds is 4. The summed E-state index contributed by atoms with van der Waals surface area (Å²) < 4.78 is 57.8. The van der Waals surface area contributed by atoms with Gasteiger partial charge in [0.2, 0.25) is 0 Å². The third kappa shape index (κ3) is 3.37. The number of carbonyl (C=O) groups is 1. The smallest absolute Gasteiger partial charge is 0.387 e. The molecule has 2 aliphatic heterocycles. The van der Waals surface area contributed by atoms with Crippen molar-refractivity contribution in [1.82, 2.24) is 19.4 Å². The van der Waals surface area contributed by atoms with Crippen molar-refractivity contribution in [2.24, 2.45) is 0 Å². The summed E-state index contributed by atoms with van der Waals surface area (Å²) in [5.41, 5.74) is 2.42. The van der Waals surface area contributed by atoms with Gasteiger partial charge in [-0.25, -0.2) is 4.98 Å². The Hall–Kier alpha value is -3.85. The summed E-state index contributed by atoms with van der Waals surface area (Å²) in [5.74, 6) is -0.594. The van der Waals surface area contributed by atoms with E-state index in [0.29, 0.717) is 22.6 Å². The maximum absolute atomic E-state index is 13.5. The van der Waals surface area contributed by atoms with Gasteiger partial charge in [0.15, 0.2) is 0 Å². The Labute approximate surface area is 210 Å². The predicted octanol–water partition coefficient (Wildman–Crippen LogP) is 5.05. The fourth-order valence-corrected chi connectivity index (χ4v) is 5.21. The second-order valence-corrected chi connectivity index (χ2v) is 9.57. The van der Waals surface area contributed by atoms with Crippen LogP contribution in [0, 0.1) is 0 Å². The van der Waals surface area contributed by atoms with Crippen LogP contribution in [0.15, 0.2) is 54.7 Å². The van der Waals surface area contributed by atoms with Gasteiger partial charge in [0, 0.05) is 40.4 Å². The van der Waals surface area contributed by atoms with E-state index in [0.717, 1.165) is 16.0 Å². The zero-order chi connectivity index (χ0) is 27.9. The SMILES string of the molecule is [2H]C([2H])([2H])N1C(=O)c2cccc(OC(F)F)c2[C@H]2C[C@@H]1c1nc3ccc(-c4ccc(C(C)(C)O)nc4)cc3n12.